The maximum Gasteiger partial charge on any atom is 0.281 e. The fraction of sp³-hybridized carbons (Fsp3) is 0.136. The summed E-state index contributed by atoms with van der Waals surface area (Å²) in [6.07, 6.45) is 0. The molecule has 3 heterocycles. The van der Waals surface area contributed by atoms with E-state index in [1.807, 2.05) is 30.3 Å². The van der Waals surface area contributed by atoms with Gasteiger partial charge < -0.3 is 5.32 Å². The van der Waals surface area contributed by atoms with E-state index >= 15 is 0 Å². The normalized spacial score (nSPS) is 18.5. The second-order valence-corrected chi connectivity index (χ2v) is 9.71. The van der Waals surface area contributed by atoms with E-state index in [9.17, 15) is 14.4 Å². The minimum Gasteiger partial charge on any atom is -0.320 e. The van der Waals surface area contributed by atoms with Crippen molar-refractivity contribution in [3.63, 3.8) is 0 Å². The fourth-order valence-corrected chi connectivity index (χ4v) is 5.84. The van der Waals surface area contributed by atoms with Crippen molar-refractivity contribution in [1.29, 1.82) is 0 Å². The molecular formula is C22H16ClN5O3S2. The van der Waals surface area contributed by atoms with Crippen LogP contribution in [-0.4, -0.2) is 39.2 Å². The molecule has 2 aromatic carbocycles. The van der Waals surface area contributed by atoms with Crippen LogP contribution in [0.15, 0.2) is 53.5 Å². The van der Waals surface area contributed by atoms with Crippen molar-refractivity contribution < 1.29 is 14.4 Å². The first-order valence-electron chi connectivity index (χ1n) is 9.88. The van der Waals surface area contributed by atoms with Gasteiger partial charge in [-0.3, -0.25) is 19.8 Å². The molecule has 33 heavy (non-hydrogen) atoms. The van der Waals surface area contributed by atoms with Gasteiger partial charge in [-0.05, 0) is 19.1 Å². The Hall–Kier alpha value is -3.21. The van der Waals surface area contributed by atoms with Gasteiger partial charge in [-0.2, -0.15) is 0 Å². The van der Waals surface area contributed by atoms with Crippen LogP contribution < -0.4 is 10.7 Å². The molecule has 1 fully saturated rings. The van der Waals surface area contributed by atoms with Gasteiger partial charge in [0.05, 0.1) is 17.1 Å². The standard InChI is InChI=1S/C22H16ClN5O3S2/c1-11-18(33-22(24-11)26-17-13-7-3-5-9-15(13)25-19(17)30)20(31)27-28-16(29)10-32-21(28)12-6-2-4-8-14(12)23/h2-9,21H,10H2,1H3,(H,27,31)(H,24,25,26,30). The van der Waals surface area contributed by atoms with Gasteiger partial charge in [-0.25, -0.2) is 15.0 Å². The third-order valence-electron chi connectivity index (χ3n) is 5.11. The summed E-state index contributed by atoms with van der Waals surface area (Å²) in [6.45, 7) is 1.68. The van der Waals surface area contributed by atoms with Crippen LogP contribution in [0, 0.1) is 6.92 Å². The number of hydrogen-bond acceptors (Lipinski definition) is 7. The predicted molar refractivity (Wildman–Crippen MR) is 129 cm³/mol. The van der Waals surface area contributed by atoms with Crippen LogP contribution in [-0.2, 0) is 9.59 Å². The van der Waals surface area contributed by atoms with Gasteiger partial charge in [0.1, 0.15) is 16.0 Å². The summed E-state index contributed by atoms with van der Waals surface area (Å²) < 4.78 is 0. The van der Waals surface area contributed by atoms with Gasteiger partial charge in [0.25, 0.3) is 17.7 Å². The topological polar surface area (TPSA) is 104 Å². The van der Waals surface area contributed by atoms with Crippen molar-refractivity contribution >= 4 is 69.0 Å². The average Bonchev–Trinajstić information content (AvgIpc) is 3.44. The highest BCUT2D eigenvalue weighted by molar-refractivity contribution is 8.00. The van der Waals surface area contributed by atoms with Crippen LogP contribution in [0.1, 0.15) is 31.9 Å². The van der Waals surface area contributed by atoms with Crippen molar-refractivity contribution in [2.24, 2.45) is 4.99 Å². The van der Waals surface area contributed by atoms with Crippen LogP contribution in [0.25, 0.3) is 0 Å². The summed E-state index contributed by atoms with van der Waals surface area (Å²) in [5, 5.41) is 4.44. The smallest absolute Gasteiger partial charge is 0.281 e. The molecule has 1 aromatic heterocycles. The Labute approximate surface area is 202 Å². The first kappa shape index (κ1) is 21.6. The third-order valence-corrected chi connectivity index (χ3v) is 7.69. The summed E-state index contributed by atoms with van der Waals surface area (Å²) in [5.74, 6) is -0.788. The Morgan fingerprint density at radius 1 is 1.21 bits per heavy atom. The molecular weight excluding hydrogens is 482 g/mol. The number of halogens is 1. The van der Waals surface area contributed by atoms with Crippen molar-refractivity contribution in [2.75, 3.05) is 11.1 Å². The van der Waals surface area contributed by atoms with Crippen molar-refractivity contribution in [3.05, 3.63) is 75.3 Å². The summed E-state index contributed by atoms with van der Waals surface area (Å²) in [5.41, 5.74) is 5.52. The van der Waals surface area contributed by atoms with E-state index in [1.54, 1.807) is 25.1 Å². The molecule has 2 aliphatic rings. The molecule has 0 spiro atoms. The molecule has 2 N–H and O–H groups in total. The lowest BCUT2D eigenvalue weighted by Crippen LogP contribution is -2.44. The molecule has 1 atom stereocenters. The fourth-order valence-electron chi connectivity index (χ4n) is 3.56. The Bertz CT molecular complexity index is 1340. The first-order valence-corrected chi connectivity index (χ1v) is 12.1. The number of anilines is 1. The molecule has 3 aromatic rings. The number of aliphatic imine (C=N–C) groups is 1. The Morgan fingerprint density at radius 2 is 1.97 bits per heavy atom. The second kappa shape index (κ2) is 8.62. The van der Waals surface area contributed by atoms with Crippen molar-refractivity contribution in [3.8, 4) is 0 Å². The first-order chi connectivity index (χ1) is 15.9. The number of amides is 3. The Balaban J connectivity index is 1.40. The van der Waals surface area contributed by atoms with E-state index < -0.39 is 11.3 Å². The molecule has 166 valence electrons. The van der Waals surface area contributed by atoms with Crippen molar-refractivity contribution in [2.45, 2.75) is 12.3 Å². The molecule has 1 saturated heterocycles. The van der Waals surface area contributed by atoms with E-state index in [-0.39, 0.29) is 28.4 Å². The minimum atomic E-state index is -0.472. The summed E-state index contributed by atoms with van der Waals surface area (Å²) in [6, 6.07) is 14.5. The lowest BCUT2D eigenvalue weighted by atomic mass is 10.1. The summed E-state index contributed by atoms with van der Waals surface area (Å²) in [7, 11) is 0. The molecule has 11 heteroatoms. The van der Waals surface area contributed by atoms with Gasteiger partial charge in [-0.15, -0.1) is 11.8 Å². The van der Waals surface area contributed by atoms with Crippen molar-refractivity contribution in [1.82, 2.24) is 15.4 Å². The number of carbonyl (C=O) groups excluding carboxylic acids is 3. The van der Waals surface area contributed by atoms with Gasteiger partial charge in [0.15, 0.2) is 0 Å². The van der Waals surface area contributed by atoms with E-state index in [0.717, 1.165) is 16.9 Å². The molecule has 0 radical (unpaired) electrons. The number of hydrogen-bond donors (Lipinski definition) is 2. The van der Waals surface area contributed by atoms with Gasteiger partial charge in [0, 0.05) is 16.1 Å². The van der Waals surface area contributed by atoms with E-state index in [0.29, 0.717) is 26.8 Å². The predicted octanol–water partition coefficient (Wildman–Crippen LogP) is 4.10. The van der Waals surface area contributed by atoms with E-state index in [2.05, 4.69) is 20.7 Å². The number of fused-ring (bicyclic) bond motifs is 1. The number of nitrogens with zero attached hydrogens (tertiary/aromatic N) is 3. The SMILES string of the molecule is Cc1nc(/N=C2\C(=O)Nc3ccccc32)sc1C(=O)NN1C(=O)CSC1c1ccccc1Cl. The van der Waals surface area contributed by atoms with Crippen LogP contribution in [0.4, 0.5) is 10.8 Å². The van der Waals surface area contributed by atoms with Crippen LogP contribution in [0.2, 0.25) is 5.02 Å². The zero-order valence-electron chi connectivity index (χ0n) is 17.2. The summed E-state index contributed by atoms with van der Waals surface area (Å²) >= 11 is 8.75. The molecule has 0 bridgehead atoms. The van der Waals surface area contributed by atoms with Gasteiger partial charge in [0.2, 0.25) is 5.13 Å². The number of aromatic nitrogens is 1. The van der Waals surface area contributed by atoms with Crippen LogP contribution in [0.3, 0.4) is 0 Å². The molecule has 3 amide bonds. The second-order valence-electron chi connectivity index (χ2n) is 7.26. The number of hydrazine groups is 1. The summed E-state index contributed by atoms with van der Waals surface area (Å²) in [4.78, 5) is 46.9. The Kier molecular flexibility index (Phi) is 5.65. The third kappa shape index (κ3) is 4.01. The highest BCUT2D eigenvalue weighted by Crippen LogP contribution is 2.40. The van der Waals surface area contributed by atoms with Gasteiger partial charge >= 0.3 is 0 Å². The zero-order chi connectivity index (χ0) is 23.1. The molecule has 1 unspecified atom stereocenters. The number of benzene rings is 2. The van der Waals surface area contributed by atoms with Gasteiger partial charge in [-0.1, -0.05) is 59.3 Å². The molecule has 0 aliphatic carbocycles. The lowest BCUT2D eigenvalue weighted by Gasteiger charge is -2.25. The molecule has 0 saturated carbocycles. The number of nitrogens with one attached hydrogen (secondary N) is 2. The molecule has 2 aliphatic heterocycles. The van der Waals surface area contributed by atoms with E-state index in [1.165, 1.54) is 16.8 Å². The zero-order valence-corrected chi connectivity index (χ0v) is 19.6. The molecule has 8 nitrogen and oxygen atoms in total. The lowest BCUT2D eigenvalue weighted by molar-refractivity contribution is -0.130. The number of thioether (sulfide) groups is 1. The number of thiazole rings is 1. The Morgan fingerprint density at radius 3 is 2.79 bits per heavy atom. The largest absolute Gasteiger partial charge is 0.320 e. The number of para-hydroxylation sites is 1. The monoisotopic (exact) mass is 497 g/mol. The minimum absolute atomic E-state index is 0.222. The van der Waals surface area contributed by atoms with Crippen LogP contribution >= 0.6 is 34.7 Å². The maximum absolute atomic E-state index is 13.0. The number of aryl methyl sites for hydroxylation is 1. The maximum atomic E-state index is 13.0. The van der Waals surface area contributed by atoms with Crippen LogP contribution in [0.5, 0.6) is 0 Å². The highest BCUT2D eigenvalue weighted by atomic mass is 35.5. The quantitative estimate of drug-likeness (QED) is 0.565. The number of rotatable bonds is 4. The average molecular weight is 498 g/mol. The van der Waals surface area contributed by atoms with E-state index in [4.69, 9.17) is 11.6 Å². The molecule has 5 rings (SSSR count). The number of carbonyl (C=O) groups is 3. The highest BCUT2D eigenvalue weighted by Gasteiger charge is 2.36.